The minimum Gasteiger partial charge on any atom is -0.497 e. The van der Waals surface area contributed by atoms with Crippen molar-refractivity contribution in [3.63, 3.8) is 0 Å². The second-order valence-electron chi connectivity index (χ2n) is 7.50. The highest BCUT2D eigenvalue weighted by Crippen LogP contribution is 2.30. The lowest BCUT2D eigenvalue weighted by Gasteiger charge is -2.27. The maximum absolute atomic E-state index is 13.3. The molecule has 7 heteroatoms. The van der Waals surface area contributed by atoms with Gasteiger partial charge in [-0.2, -0.15) is 0 Å². The number of carbonyl (C=O) groups is 3. The highest BCUT2D eigenvalue weighted by atomic mass is 16.5. The Morgan fingerprint density at radius 1 is 1.00 bits per heavy atom. The number of anilines is 1. The predicted octanol–water partition coefficient (Wildman–Crippen LogP) is 2.83. The van der Waals surface area contributed by atoms with Crippen LogP contribution in [-0.4, -0.2) is 44.6 Å². The van der Waals surface area contributed by atoms with Gasteiger partial charge in [0.1, 0.15) is 11.8 Å². The fourth-order valence-electron chi connectivity index (χ4n) is 3.52. The van der Waals surface area contributed by atoms with E-state index in [2.05, 4.69) is 5.32 Å². The van der Waals surface area contributed by atoms with Crippen LogP contribution in [0.15, 0.2) is 42.5 Å². The van der Waals surface area contributed by atoms with E-state index in [0.717, 1.165) is 11.3 Å². The number of rotatable bonds is 6. The summed E-state index contributed by atoms with van der Waals surface area (Å²) in [6, 6.07) is 11.2. The van der Waals surface area contributed by atoms with E-state index in [-0.39, 0.29) is 17.7 Å². The van der Waals surface area contributed by atoms with Crippen LogP contribution in [0.3, 0.4) is 0 Å². The Hall–Kier alpha value is -3.35. The van der Waals surface area contributed by atoms with E-state index in [1.165, 1.54) is 7.11 Å². The standard InChI is InChI=1S/C23H26N2O5/c1-14(2)20(24-21(26)15-5-8-18(29-3)9-6-15)22(27)25-12-11-16-13-17(23(28)30-4)7-10-19(16)25/h5-10,13-14,20H,11-12H2,1-4H3,(H,24,26)/t20-/m1/s1. The van der Waals surface area contributed by atoms with Crippen molar-refractivity contribution in [1.29, 1.82) is 0 Å². The van der Waals surface area contributed by atoms with Crippen LogP contribution in [0.5, 0.6) is 5.75 Å². The molecule has 1 N–H and O–H groups in total. The van der Waals surface area contributed by atoms with E-state index in [9.17, 15) is 14.4 Å². The summed E-state index contributed by atoms with van der Waals surface area (Å²) in [6.45, 7) is 4.29. The van der Waals surface area contributed by atoms with Gasteiger partial charge in [0.15, 0.2) is 0 Å². The summed E-state index contributed by atoms with van der Waals surface area (Å²) >= 11 is 0. The number of nitrogens with zero attached hydrogens (tertiary/aromatic N) is 1. The first kappa shape index (κ1) is 21.4. The monoisotopic (exact) mass is 410 g/mol. The Morgan fingerprint density at radius 3 is 2.27 bits per heavy atom. The third-order valence-corrected chi connectivity index (χ3v) is 5.23. The van der Waals surface area contributed by atoms with Gasteiger partial charge in [-0.25, -0.2) is 4.79 Å². The molecule has 7 nitrogen and oxygen atoms in total. The molecule has 2 aromatic rings. The Bertz CT molecular complexity index is 953. The van der Waals surface area contributed by atoms with E-state index < -0.39 is 12.0 Å². The molecule has 0 fully saturated rings. The summed E-state index contributed by atoms with van der Waals surface area (Å²) in [7, 11) is 2.90. The second kappa shape index (κ2) is 8.98. The normalized spacial score (nSPS) is 13.6. The highest BCUT2D eigenvalue weighted by molar-refractivity contribution is 6.04. The zero-order chi connectivity index (χ0) is 21.8. The number of fused-ring (bicyclic) bond motifs is 1. The van der Waals surface area contributed by atoms with Crippen LogP contribution in [0.4, 0.5) is 5.69 Å². The number of carbonyl (C=O) groups excluding carboxylic acids is 3. The molecular formula is C23H26N2O5. The first-order chi connectivity index (χ1) is 14.3. The van der Waals surface area contributed by atoms with E-state index in [1.54, 1.807) is 54.5 Å². The summed E-state index contributed by atoms with van der Waals surface area (Å²) in [5, 5.41) is 2.87. The lowest BCUT2D eigenvalue weighted by Crippen LogP contribution is -2.51. The van der Waals surface area contributed by atoms with Crippen molar-refractivity contribution in [3.05, 3.63) is 59.2 Å². The first-order valence-electron chi connectivity index (χ1n) is 9.83. The zero-order valence-corrected chi connectivity index (χ0v) is 17.6. The summed E-state index contributed by atoms with van der Waals surface area (Å²) in [5.74, 6) is -0.336. The third-order valence-electron chi connectivity index (χ3n) is 5.23. The molecule has 0 aliphatic carbocycles. The molecule has 0 radical (unpaired) electrons. The molecule has 1 aliphatic rings. The summed E-state index contributed by atoms with van der Waals surface area (Å²) < 4.78 is 9.88. The van der Waals surface area contributed by atoms with Gasteiger partial charge < -0.3 is 19.7 Å². The largest absolute Gasteiger partial charge is 0.497 e. The number of benzene rings is 2. The Balaban J connectivity index is 1.78. The molecule has 0 aromatic heterocycles. The van der Waals surface area contributed by atoms with Crippen molar-refractivity contribution in [2.45, 2.75) is 26.3 Å². The second-order valence-corrected chi connectivity index (χ2v) is 7.50. The zero-order valence-electron chi connectivity index (χ0n) is 17.6. The highest BCUT2D eigenvalue weighted by Gasteiger charge is 2.33. The molecule has 0 spiro atoms. The fraction of sp³-hybridized carbons (Fsp3) is 0.348. The van der Waals surface area contributed by atoms with E-state index in [4.69, 9.17) is 9.47 Å². The molecule has 30 heavy (non-hydrogen) atoms. The van der Waals surface area contributed by atoms with Crippen molar-refractivity contribution in [3.8, 4) is 5.75 Å². The molecule has 0 unspecified atom stereocenters. The Morgan fingerprint density at radius 2 is 1.67 bits per heavy atom. The maximum Gasteiger partial charge on any atom is 0.337 e. The molecule has 2 aromatic carbocycles. The van der Waals surface area contributed by atoms with Crippen LogP contribution < -0.4 is 15.0 Å². The molecule has 1 heterocycles. The topological polar surface area (TPSA) is 84.9 Å². The van der Waals surface area contributed by atoms with Crippen LogP contribution in [0.25, 0.3) is 0 Å². The molecule has 3 rings (SSSR count). The van der Waals surface area contributed by atoms with Gasteiger partial charge >= 0.3 is 5.97 Å². The molecule has 0 saturated carbocycles. The third kappa shape index (κ3) is 4.30. The average molecular weight is 410 g/mol. The van der Waals surface area contributed by atoms with Gasteiger partial charge in [0, 0.05) is 17.8 Å². The van der Waals surface area contributed by atoms with Crippen LogP contribution >= 0.6 is 0 Å². The molecule has 0 saturated heterocycles. The number of nitrogens with one attached hydrogen (secondary N) is 1. The van der Waals surface area contributed by atoms with Crippen molar-refractivity contribution in [1.82, 2.24) is 5.32 Å². The van der Waals surface area contributed by atoms with Crippen molar-refractivity contribution in [2.75, 3.05) is 25.7 Å². The summed E-state index contributed by atoms with van der Waals surface area (Å²) in [6.07, 6.45) is 0.642. The summed E-state index contributed by atoms with van der Waals surface area (Å²) in [5.41, 5.74) is 2.59. The number of hydrogen-bond acceptors (Lipinski definition) is 5. The van der Waals surface area contributed by atoms with Gasteiger partial charge in [-0.05, 0) is 60.4 Å². The number of esters is 1. The molecule has 0 bridgehead atoms. The molecular weight excluding hydrogens is 384 g/mol. The van der Waals surface area contributed by atoms with E-state index in [0.29, 0.717) is 29.8 Å². The van der Waals surface area contributed by atoms with Crippen molar-refractivity contribution in [2.24, 2.45) is 5.92 Å². The molecule has 2 amide bonds. The maximum atomic E-state index is 13.3. The van der Waals surface area contributed by atoms with E-state index >= 15 is 0 Å². The van der Waals surface area contributed by atoms with Crippen LogP contribution in [0.2, 0.25) is 0 Å². The van der Waals surface area contributed by atoms with Gasteiger partial charge in [-0.1, -0.05) is 13.8 Å². The van der Waals surface area contributed by atoms with Gasteiger partial charge in [-0.3, -0.25) is 9.59 Å². The van der Waals surface area contributed by atoms with Crippen LogP contribution in [-0.2, 0) is 16.0 Å². The lowest BCUT2D eigenvalue weighted by molar-refractivity contribution is -0.121. The van der Waals surface area contributed by atoms with Crippen molar-refractivity contribution < 1.29 is 23.9 Å². The minimum atomic E-state index is -0.675. The predicted molar refractivity (Wildman–Crippen MR) is 113 cm³/mol. The van der Waals surface area contributed by atoms with Crippen molar-refractivity contribution >= 4 is 23.5 Å². The molecule has 1 aliphatic heterocycles. The quantitative estimate of drug-likeness (QED) is 0.741. The Kier molecular flexibility index (Phi) is 6.40. The summed E-state index contributed by atoms with van der Waals surface area (Å²) in [4.78, 5) is 39.4. The number of methoxy groups -OCH3 is 2. The van der Waals surface area contributed by atoms with Gasteiger partial charge in [0.2, 0.25) is 5.91 Å². The minimum absolute atomic E-state index is 0.0990. The number of amides is 2. The fourth-order valence-corrected chi connectivity index (χ4v) is 3.52. The van der Waals surface area contributed by atoms with Crippen LogP contribution in [0.1, 0.15) is 40.1 Å². The average Bonchev–Trinajstić information content (AvgIpc) is 3.19. The number of hydrogen-bond donors (Lipinski definition) is 1. The smallest absolute Gasteiger partial charge is 0.337 e. The van der Waals surface area contributed by atoms with Gasteiger partial charge in [-0.15, -0.1) is 0 Å². The van der Waals surface area contributed by atoms with E-state index in [1.807, 2.05) is 13.8 Å². The first-order valence-corrected chi connectivity index (χ1v) is 9.83. The van der Waals surface area contributed by atoms with Gasteiger partial charge in [0.05, 0.1) is 19.8 Å². The molecule has 158 valence electrons. The number of ether oxygens (including phenoxy) is 2. The SMILES string of the molecule is COC(=O)c1ccc2c(c1)CCN2C(=O)[C@H](NC(=O)c1ccc(OC)cc1)C(C)C. The van der Waals surface area contributed by atoms with Gasteiger partial charge in [0.25, 0.3) is 5.91 Å². The molecule has 1 atom stereocenters. The van der Waals surface area contributed by atoms with Crippen LogP contribution in [0, 0.1) is 5.92 Å². The lowest BCUT2D eigenvalue weighted by atomic mass is 10.0. The Labute approximate surface area is 176 Å².